The molecule has 3 aromatic rings. The molecule has 0 aliphatic heterocycles. The van der Waals surface area contributed by atoms with Gasteiger partial charge in [0.25, 0.3) is 5.91 Å². The molecule has 0 aliphatic rings. The van der Waals surface area contributed by atoms with E-state index in [0.717, 1.165) is 5.56 Å². The Morgan fingerprint density at radius 1 is 1.03 bits per heavy atom. The standard InChI is InChI=1S/C25H24N2O6/c1-2-33-25(32)22(28)20(14-16-8-4-3-5-9-16)27-23(29)21-15-17(12-13-26-21)18-10-6-7-11-19(18)24(30)31/h3-13,15,20,22,28H,2,14H2,1H3,(H,27,29)(H,30,31). The fourth-order valence-corrected chi connectivity index (χ4v) is 3.39. The van der Waals surface area contributed by atoms with Crippen molar-refractivity contribution in [3.05, 3.63) is 89.7 Å². The van der Waals surface area contributed by atoms with Gasteiger partial charge in [0, 0.05) is 6.20 Å². The number of carboxylic acids is 1. The summed E-state index contributed by atoms with van der Waals surface area (Å²) < 4.78 is 4.91. The molecule has 8 heteroatoms. The zero-order valence-corrected chi connectivity index (χ0v) is 18.0. The van der Waals surface area contributed by atoms with Crippen LogP contribution in [0.4, 0.5) is 0 Å². The minimum Gasteiger partial charge on any atom is -0.478 e. The van der Waals surface area contributed by atoms with E-state index in [9.17, 15) is 24.6 Å². The Labute approximate surface area is 190 Å². The molecule has 0 fully saturated rings. The Balaban J connectivity index is 1.87. The maximum Gasteiger partial charge on any atom is 0.337 e. The molecule has 0 saturated carbocycles. The number of nitrogens with zero attached hydrogens (tertiary/aromatic N) is 1. The molecular weight excluding hydrogens is 424 g/mol. The average molecular weight is 448 g/mol. The number of aromatic carboxylic acids is 1. The summed E-state index contributed by atoms with van der Waals surface area (Å²) >= 11 is 0. The molecule has 3 N–H and O–H groups in total. The lowest BCUT2D eigenvalue weighted by Gasteiger charge is -2.23. The first-order valence-corrected chi connectivity index (χ1v) is 10.4. The van der Waals surface area contributed by atoms with E-state index >= 15 is 0 Å². The molecule has 0 spiro atoms. The van der Waals surface area contributed by atoms with Crippen LogP contribution < -0.4 is 5.32 Å². The zero-order valence-electron chi connectivity index (χ0n) is 18.0. The van der Waals surface area contributed by atoms with Gasteiger partial charge in [-0.1, -0.05) is 48.5 Å². The number of esters is 1. The number of pyridine rings is 1. The van der Waals surface area contributed by atoms with E-state index in [2.05, 4.69) is 10.3 Å². The Morgan fingerprint density at radius 3 is 2.42 bits per heavy atom. The summed E-state index contributed by atoms with van der Waals surface area (Å²) in [5.41, 5.74) is 1.85. The van der Waals surface area contributed by atoms with Crippen LogP contribution in [-0.4, -0.2) is 51.8 Å². The summed E-state index contributed by atoms with van der Waals surface area (Å²) in [6, 6.07) is 17.6. The second kappa shape index (κ2) is 11.0. The number of carbonyl (C=O) groups excluding carboxylic acids is 2. The number of carboxylic acid groups (broad SMARTS) is 1. The van der Waals surface area contributed by atoms with E-state index in [4.69, 9.17) is 4.74 Å². The number of rotatable bonds is 9. The summed E-state index contributed by atoms with van der Waals surface area (Å²) in [4.78, 5) is 40.8. The number of aliphatic hydroxyl groups excluding tert-OH is 1. The average Bonchev–Trinajstić information content (AvgIpc) is 2.84. The molecule has 1 aromatic heterocycles. The highest BCUT2D eigenvalue weighted by Gasteiger charge is 2.29. The molecule has 170 valence electrons. The fraction of sp³-hybridized carbons (Fsp3) is 0.200. The quantitative estimate of drug-likeness (QED) is 0.430. The Kier molecular flexibility index (Phi) is 7.88. The van der Waals surface area contributed by atoms with Crippen LogP contribution in [0.1, 0.15) is 33.3 Å². The summed E-state index contributed by atoms with van der Waals surface area (Å²) in [6.07, 6.45) is 0.00957. The third kappa shape index (κ3) is 6.02. The molecule has 1 amide bonds. The maximum atomic E-state index is 13.0. The van der Waals surface area contributed by atoms with Crippen molar-refractivity contribution >= 4 is 17.8 Å². The highest BCUT2D eigenvalue weighted by Crippen LogP contribution is 2.24. The van der Waals surface area contributed by atoms with E-state index < -0.39 is 30.0 Å². The molecule has 33 heavy (non-hydrogen) atoms. The molecule has 2 atom stereocenters. The van der Waals surface area contributed by atoms with Crippen molar-refractivity contribution in [2.75, 3.05) is 6.61 Å². The van der Waals surface area contributed by atoms with Gasteiger partial charge in [-0.3, -0.25) is 9.78 Å². The van der Waals surface area contributed by atoms with Gasteiger partial charge in [-0.05, 0) is 48.2 Å². The van der Waals surface area contributed by atoms with Gasteiger partial charge in [-0.25, -0.2) is 9.59 Å². The molecular formula is C25H24N2O6. The van der Waals surface area contributed by atoms with Gasteiger partial charge >= 0.3 is 11.9 Å². The van der Waals surface area contributed by atoms with Crippen LogP contribution in [-0.2, 0) is 16.0 Å². The van der Waals surface area contributed by atoms with Crippen LogP contribution in [0.25, 0.3) is 11.1 Å². The minimum absolute atomic E-state index is 0.0156. The van der Waals surface area contributed by atoms with Crippen molar-refractivity contribution in [1.82, 2.24) is 10.3 Å². The first-order valence-electron chi connectivity index (χ1n) is 10.4. The van der Waals surface area contributed by atoms with Crippen LogP contribution in [0.3, 0.4) is 0 Å². The summed E-state index contributed by atoms with van der Waals surface area (Å²) in [5, 5.41) is 22.6. The largest absolute Gasteiger partial charge is 0.478 e. The number of carbonyl (C=O) groups is 3. The Morgan fingerprint density at radius 2 is 1.73 bits per heavy atom. The topological polar surface area (TPSA) is 126 Å². The fourth-order valence-electron chi connectivity index (χ4n) is 3.39. The maximum absolute atomic E-state index is 13.0. The molecule has 0 bridgehead atoms. The van der Waals surface area contributed by atoms with Crippen LogP contribution in [0, 0.1) is 0 Å². The van der Waals surface area contributed by atoms with Gasteiger partial charge in [0.2, 0.25) is 0 Å². The van der Waals surface area contributed by atoms with Crippen molar-refractivity contribution in [3.63, 3.8) is 0 Å². The summed E-state index contributed by atoms with van der Waals surface area (Å²) in [5.74, 6) is -2.54. The predicted molar refractivity (Wildman–Crippen MR) is 121 cm³/mol. The van der Waals surface area contributed by atoms with E-state index in [1.807, 2.05) is 30.3 Å². The van der Waals surface area contributed by atoms with E-state index in [1.165, 1.54) is 18.3 Å². The van der Waals surface area contributed by atoms with E-state index in [-0.39, 0.29) is 24.3 Å². The minimum atomic E-state index is -1.58. The van der Waals surface area contributed by atoms with E-state index in [1.54, 1.807) is 31.2 Å². The molecule has 2 aromatic carbocycles. The first kappa shape index (κ1) is 23.6. The SMILES string of the molecule is CCOC(=O)C(O)C(Cc1ccccc1)NC(=O)c1cc(-c2ccccc2C(=O)O)ccn1. The lowest BCUT2D eigenvalue weighted by atomic mass is 9.99. The predicted octanol–water partition coefficient (Wildman–Crippen LogP) is 2.71. The second-order valence-electron chi connectivity index (χ2n) is 7.25. The number of aromatic nitrogens is 1. The number of hydrogen-bond donors (Lipinski definition) is 3. The number of amides is 1. The second-order valence-corrected chi connectivity index (χ2v) is 7.25. The lowest BCUT2D eigenvalue weighted by Crippen LogP contribution is -2.49. The zero-order chi connectivity index (χ0) is 23.8. The summed E-state index contributed by atoms with van der Waals surface area (Å²) in [6.45, 7) is 1.72. The van der Waals surface area contributed by atoms with Gasteiger partial charge in [0.1, 0.15) is 5.69 Å². The Hall–Kier alpha value is -4.04. The van der Waals surface area contributed by atoms with Crippen LogP contribution in [0.2, 0.25) is 0 Å². The van der Waals surface area contributed by atoms with E-state index in [0.29, 0.717) is 11.1 Å². The van der Waals surface area contributed by atoms with Gasteiger partial charge in [-0.15, -0.1) is 0 Å². The van der Waals surface area contributed by atoms with Crippen LogP contribution in [0.5, 0.6) is 0 Å². The van der Waals surface area contributed by atoms with Crippen LogP contribution >= 0.6 is 0 Å². The molecule has 0 saturated heterocycles. The number of ether oxygens (including phenoxy) is 1. The highest BCUT2D eigenvalue weighted by molar-refractivity contribution is 5.98. The third-order valence-corrected chi connectivity index (χ3v) is 4.99. The molecule has 8 nitrogen and oxygen atoms in total. The smallest absolute Gasteiger partial charge is 0.337 e. The molecule has 3 rings (SSSR count). The van der Waals surface area contributed by atoms with Crippen molar-refractivity contribution in [1.29, 1.82) is 0 Å². The molecule has 0 radical (unpaired) electrons. The lowest BCUT2D eigenvalue weighted by molar-refractivity contribution is -0.154. The van der Waals surface area contributed by atoms with Gasteiger partial charge < -0.3 is 20.3 Å². The molecule has 1 heterocycles. The third-order valence-electron chi connectivity index (χ3n) is 4.99. The van der Waals surface area contributed by atoms with Crippen molar-refractivity contribution in [2.45, 2.75) is 25.5 Å². The number of hydrogen-bond acceptors (Lipinski definition) is 6. The van der Waals surface area contributed by atoms with Crippen molar-refractivity contribution in [2.24, 2.45) is 0 Å². The number of nitrogens with one attached hydrogen (secondary N) is 1. The van der Waals surface area contributed by atoms with Crippen molar-refractivity contribution in [3.8, 4) is 11.1 Å². The van der Waals surface area contributed by atoms with Gasteiger partial charge in [0.15, 0.2) is 6.10 Å². The monoisotopic (exact) mass is 448 g/mol. The van der Waals surface area contributed by atoms with Gasteiger partial charge in [-0.2, -0.15) is 0 Å². The van der Waals surface area contributed by atoms with Crippen LogP contribution in [0.15, 0.2) is 72.9 Å². The normalized spacial score (nSPS) is 12.4. The number of benzene rings is 2. The number of aliphatic hydroxyl groups is 1. The highest BCUT2D eigenvalue weighted by atomic mass is 16.5. The summed E-state index contributed by atoms with van der Waals surface area (Å²) in [7, 11) is 0. The first-order chi connectivity index (χ1) is 15.9. The molecule has 2 unspecified atom stereocenters. The Bertz CT molecular complexity index is 1130. The van der Waals surface area contributed by atoms with Crippen molar-refractivity contribution < 1.29 is 29.3 Å². The molecule has 0 aliphatic carbocycles. The van der Waals surface area contributed by atoms with Gasteiger partial charge in [0.05, 0.1) is 18.2 Å².